The lowest BCUT2D eigenvalue weighted by Crippen LogP contribution is -2.39. The van der Waals surface area contributed by atoms with Gasteiger partial charge in [0.25, 0.3) is 0 Å². The van der Waals surface area contributed by atoms with E-state index in [2.05, 4.69) is 40.4 Å². The Bertz CT molecular complexity index is 771. The Kier molecular flexibility index (Phi) is 5.13. The number of benzene rings is 1. The van der Waals surface area contributed by atoms with Crippen molar-refractivity contribution in [1.29, 1.82) is 0 Å². The molecular weight excluding hydrogens is 346 g/mol. The van der Waals surface area contributed by atoms with Gasteiger partial charge in [-0.25, -0.2) is 4.79 Å². The van der Waals surface area contributed by atoms with Crippen LogP contribution in [0, 0.1) is 0 Å². The Balaban J connectivity index is 1.37. The number of thioether (sulfide) groups is 1. The summed E-state index contributed by atoms with van der Waals surface area (Å²) < 4.78 is 5.62. The molecule has 1 aromatic carbocycles. The quantitative estimate of drug-likeness (QED) is 0.733. The van der Waals surface area contributed by atoms with Crippen molar-refractivity contribution in [1.82, 2.24) is 14.8 Å². The number of carbonyl (C=O) groups is 1. The molecule has 5 nitrogen and oxygen atoms in total. The minimum absolute atomic E-state index is 0.0186. The molecule has 2 fully saturated rings. The fourth-order valence-corrected chi connectivity index (χ4v) is 4.26. The highest BCUT2D eigenvalue weighted by Gasteiger charge is 2.47. The number of aromatic nitrogens is 1. The van der Waals surface area contributed by atoms with E-state index in [-0.39, 0.29) is 18.2 Å². The minimum atomic E-state index is -0.181. The zero-order chi connectivity index (χ0) is 17.9. The molecule has 136 valence electrons. The summed E-state index contributed by atoms with van der Waals surface area (Å²) in [7, 11) is 0. The number of fused-ring (bicyclic) bond motifs is 1. The lowest BCUT2D eigenvalue weighted by molar-refractivity contribution is 0.120. The SMILES string of the molecule is CSc1cccc(CN2C[C@H]3OC(=O)N(CCc4ccccn4)[C@H]3C2)c1. The third-order valence-corrected chi connectivity index (χ3v) is 5.80. The summed E-state index contributed by atoms with van der Waals surface area (Å²) in [6.07, 6.45) is 4.45. The van der Waals surface area contributed by atoms with Gasteiger partial charge in [0.2, 0.25) is 0 Å². The molecule has 1 aromatic heterocycles. The van der Waals surface area contributed by atoms with Gasteiger partial charge in [0.1, 0.15) is 6.10 Å². The molecule has 0 bridgehead atoms. The molecule has 2 aliphatic rings. The van der Waals surface area contributed by atoms with E-state index in [1.165, 1.54) is 10.5 Å². The maximum absolute atomic E-state index is 12.2. The van der Waals surface area contributed by atoms with Gasteiger partial charge in [-0.2, -0.15) is 0 Å². The van der Waals surface area contributed by atoms with Crippen molar-refractivity contribution < 1.29 is 9.53 Å². The van der Waals surface area contributed by atoms with Crippen LogP contribution < -0.4 is 0 Å². The van der Waals surface area contributed by atoms with Crippen molar-refractivity contribution in [3.63, 3.8) is 0 Å². The van der Waals surface area contributed by atoms with Crippen LogP contribution in [-0.4, -0.2) is 58.9 Å². The zero-order valence-electron chi connectivity index (χ0n) is 14.9. The van der Waals surface area contributed by atoms with Gasteiger partial charge in [-0.3, -0.25) is 14.8 Å². The summed E-state index contributed by atoms with van der Waals surface area (Å²) in [5.41, 5.74) is 2.32. The van der Waals surface area contributed by atoms with Crippen molar-refractivity contribution in [3.8, 4) is 0 Å². The Labute approximate surface area is 158 Å². The van der Waals surface area contributed by atoms with E-state index < -0.39 is 0 Å². The van der Waals surface area contributed by atoms with Gasteiger partial charge < -0.3 is 4.74 Å². The number of rotatable bonds is 6. The van der Waals surface area contributed by atoms with Gasteiger partial charge in [0, 0.05) is 49.4 Å². The predicted molar refractivity (Wildman–Crippen MR) is 102 cm³/mol. The zero-order valence-corrected chi connectivity index (χ0v) is 15.7. The Morgan fingerprint density at radius 3 is 2.96 bits per heavy atom. The smallest absolute Gasteiger partial charge is 0.410 e. The van der Waals surface area contributed by atoms with Crippen LogP contribution in [0.5, 0.6) is 0 Å². The lowest BCUT2D eigenvalue weighted by atomic mass is 10.2. The van der Waals surface area contributed by atoms with Crippen LogP contribution >= 0.6 is 11.8 Å². The second-order valence-electron chi connectivity index (χ2n) is 6.80. The normalized spacial score (nSPS) is 22.5. The van der Waals surface area contributed by atoms with Crippen molar-refractivity contribution in [3.05, 3.63) is 59.9 Å². The highest BCUT2D eigenvalue weighted by molar-refractivity contribution is 7.98. The first-order valence-electron chi connectivity index (χ1n) is 8.95. The van der Waals surface area contributed by atoms with Crippen LogP contribution in [-0.2, 0) is 17.7 Å². The van der Waals surface area contributed by atoms with Crippen LogP contribution in [0.25, 0.3) is 0 Å². The highest BCUT2D eigenvalue weighted by Crippen LogP contribution is 2.28. The number of carbonyl (C=O) groups excluding carboxylic acids is 1. The summed E-state index contributed by atoms with van der Waals surface area (Å²) >= 11 is 1.76. The summed E-state index contributed by atoms with van der Waals surface area (Å²) in [6.45, 7) is 3.22. The number of hydrogen-bond donors (Lipinski definition) is 0. The van der Waals surface area contributed by atoms with Crippen molar-refractivity contribution in [2.75, 3.05) is 25.9 Å². The van der Waals surface area contributed by atoms with Crippen LogP contribution in [0.15, 0.2) is 53.6 Å². The monoisotopic (exact) mass is 369 g/mol. The number of likely N-dealkylation sites (tertiary alicyclic amines) is 1. The average molecular weight is 369 g/mol. The molecule has 0 aliphatic carbocycles. The topological polar surface area (TPSA) is 45.7 Å². The summed E-state index contributed by atoms with van der Waals surface area (Å²) in [5, 5.41) is 0. The van der Waals surface area contributed by atoms with Crippen LogP contribution in [0.1, 0.15) is 11.3 Å². The van der Waals surface area contributed by atoms with E-state index in [0.717, 1.165) is 31.7 Å². The standard InChI is InChI=1S/C20H23N3O2S/c1-26-17-7-4-5-15(11-17)12-22-13-18-19(14-22)25-20(24)23(18)10-8-16-6-2-3-9-21-16/h2-7,9,11,18-19H,8,10,12-14H2,1H3/t18-,19+/m0/s1. The molecular formula is C20H23N3O2S. The largest absolute Gasteiger partial charge is 0.442 e. The molecule has 3 heterocycles. The molecule has 2 saturated heterocycles. The van der Waals surface area contributed by atoms with E-state index in [1.54, 1.807) is 18.0 Å². The first-order chi connectivity index (χ1) is 12.7. The average Bonchev–Trinajstić information content (AvgIpc) is 3.17. The molecule has 0 saturated carbocycles. The number of hydrogen-bond acceptors (Lipinski definition) is 5. The summed E-state index contributed by atoms with van der Waals surface area (Å²) in [4.78, 5) is 22.1. The molecule has 0 spiro atoms. The number of amides is 1. The molecule has 1 amide bonds. The van der Waals surface area contributed by atoms with E-state index in [1.807, 2.05) is 23.1 Å². The second kappa shape index (κ2) is 7.68. The molecule has 26 heavy (non-hydrogen) atoms. The Morgan fingerprint density at radius 2 is 2.15 bits per heavy atom. The first kappa shape index (κ1) is 17.4. The van der Waals surface area contributed by atoms with Gasteiger partial charge >= 0.3 is 6.09 Å². The molecule has 6 heteroatoms. The Hall–Kier alpha value is -2.05. The maximum atomic E-state index is 12.2. The summed E-state index contributed by atoms with van der Waals surface area (Å²) in [6, 6.07) is 14.7. The summed E-state index contributed by atoms with van der Waals surface area (Å²) in [5.74, 6) is 0. The van der Waals surface area contributed by atoms with Gasteiger partial charge in [-0.05, 0) is 36.1 Å². The Morgan fingerprint density at radius 1 is 1.23 bits per heavy atom. The number of pyridine rings is 1. The van der Waals surface area contributed by atoms with Crippen LogP contribution in [0.3, 0.4) is 0 Å². The molecule has 2 atom stereocenters. The fourth-order valence-electron chi connectivity index (χ4n) is 3.78. The lowest BCUT2D eigenvalue weighted by Gasteiger charge is -2.22. The van der Waals surface area contributed by atoms with Gasteiger partial charge in [0.15, 0.2) is 0 Å². The highest BCUT2D eigenvalue weighted by atomic mass is 32.2. The molecule has 2 aliphatic heterocycles. The molecule has 0 N–H and O–H groups in total. The number of nitrogens with zero attached hydrogens (tertiary/aromatic N) is 3. The predicted octanol–water partition coefficient (Wildman–Crippen LogP) is 3.05. The van der Waals surface area contributed by atoms with E-state index in [9.17, 15) is 4.79 Å². The van der Waals surface area contributed by atoms with Crippen molar-refractivity contribution >= 4 is 17.9 Å². The molecule has 4 rings (SSSR count). The molecule has 0 unspecified atom stereocenters. The van der Waals surface area contributed by atoms with Gasteiger partial charge in [0.05, 0.1) is 6.04 Å². The first-order valence-corrected chi connectivity index (χ1v) is 10.2. The number of ether oxygens (including phenoxy) is 1. The van der Waals surface area contributed by atoms with E-state index >= 15 is 0 Å². The van der Waals surface area contributed by atoms with Gasteiger partial charge in [-0.15, -0.1) is 11.8 Å². The van der Waals surface area contributed by atoms with Crippen molar-refractivity contribution in [2.45, 2.75) is 30.0 Å². The second-order valence-corrected chi connectivity index (χ2v) is 7.68. The van der Waals surface area contributed by atoms with E-state index in [4.69, 9.17) is 4.74 Å². The molecule has 2 aromatic rings. The third kappa shape index (κ3) is 3.71. The third-order valence-electron chi connectivity index (χ3n) is 5.07. The molecule has 0 radical (unpaired) electrons. The van der Waals surface area contributed by atoms with Gasteiger partial charge in [-0.1, -0.05) is 18.2 Å². The van der Waals surface area contributed by atoms with Crippen molar-refractivity contribution in [2.24, 2.45) is 0 Å². The fraction of sp³-hybridized carbons (Fsp3) is 0.400. The van der Waals surface area contributed by atoms with Crippen LogP contribution in [0.2, 0.25) is 0 Å². The maximum Gasteiger partial charge on any atom is 0.410 e. The van der Waals surface area contributed by atoms with Crippen LogP contribution in [0.4, 0.5) is 4.79 Å². The van der Waals surface area contributed by atoms with E-state index in [0.29, 0.717) is 6.54 Å². The minimum Gasteiger partial charge on any atom is -0.442 e.